The molecule has 110 valence electrons. The van der Waals surface area contributed by atoms with E-state index in [2.05, 4.69) is 0 Å². The van der Waals surface area contributed by atoms with Crippen LogP contribution in [0.3, 0.4) is 0 Å². The van der Waals surface area contributed by atoms with Crippen LogP contribution in [0.25, 0.3) is 0 Å². The number of nitrogens with two attached hydrogens (primary N) is 1. The number of hydrogen-bond acceptors (Lipinski definition) is 4. The number of carboxylic acids is 1. The maximum Gasteiger partial charge on any atom is 0.305 e. The van der Waals surface area contributed by atoms with E-state index in [1.807, 2.05) is 13.8 Å². The summed E-state index contributed by atoms with van der Waals surface area (Å²) in [7, 11) is 0. The van der Waals surface area contributed by atoms with Gasteiger partial charge in [-0.15, -0.1) is 0 Å². The van der Waals surface area contributed by atoms with Gasteiger partial charge in [0, 0.05) is 6.04 Å². The minimum Gasteiger partial charge on any atom is -0.486 e. The summed E-state index contributed by atoms with van der Waals surface area (Å²) in [6, 6.07) is 1.13. The van der Waals surface area contributed by atoms with Crippen molar-refractivity contribution in [3.05, 3.63) is 22.2 Å². The Labute approximate surface area is 122 Å². The van der Waals surface area contributed by atoms with Crippen molar-refractivity contribution in [3.63, 3.8) is 0 Å². The molecule has 1 heterocycles. The average Bonchev–Trinajstić information content (AvgIpc) is 2.37. The zero-order chi connectivity index (χ0) is 14.9. The van der Waals surface area contributed by atoms with Crippen molar-refractivity contribution in [2.75, 3.05) is 13.2 Å². The maximum absolute atomic E-state index is 10.9. The molecule has 0 radical (unpaired) electrons. The molecule has 0 bridgehead atoms. The normalized spacial score (nSPS) is 15.2. The number of ether oxygens (including phenoxy) is 2. The van der Waals surface area contributed by atoms with Crippen molar-refractivity contribution in [2.45, 2.75) is 32.2 Å². The molecule has 1 aliphatic rings. The van der Waals surface area contributed by atoms with Crippen molar-refractivity contribution in [1.82, 2.24) is 0 Å². The lowest BCUT2D eigenvalue weighted by Crippen LogP contribution is -2.21. The van der Waals surface area contributed by atoms with Crippen LogP contribution in [0.5, 0.6) is 11.5 Å². The Hall–Kier alpha value is -1.46. The highest BCUT2D eigenvalue weighted by Crippen LogP contribution is 2.45. The summed E-state index contributed by atoms with van der Waals surface area (Å²) < 4.78 is 11.1. The SMILES string of the molecule is CC(C)c1c(C(N)CC(=O)O)cc2c(c1Cl)OCCO2. The van der Waals surface area contributed by atoms with Crippen molar-refractivity contribution in [2.24, 2.45) is 5.73 Å². The average molecular weight is 300 g/mol. The van der Waals surface area contributed by atoms with E-state index in [1.165, 1.54) is 0 Å². The van der Waals surface area contributed by atoms with E-state index in [1.54, 1.807) is 6.07 Å². The molecular weight excluding hydrogens is 282 g/mol. The van der Waals surface area contributed by atoms with E-state index in [-0.39, 0.29) is 12.3 Å². The fourth-order valence-corrected chi connectivity index (χ4v) is 2.85. The first-order valence-corrected chi connectivity index (χ1v) is 6.88. The Morgan fingerprint density at radius 1 is 1.45 bits per heavy atom. The first kappa shape index (κ1) is 14.9. The number of rotatable bonds is 4. The van der Waals surface area contributed by atoms with Gasteiger partial charge in [0.15, 0.2) is 11.5 Å². The van der Waals surface area contributed by atoms with Crippen LogP contribution in [0.2, 0.25) is 5.02 Å². The fraction of sp³-hybridized carbons (Fsp3) is 0.500. The molecule has 3 N–H and O–H groups in total. The van der Waals surface area contributed by atoms with Crippen LogP contribution in [0, 0.1) is 0 Å². The second-order valence-corrected chi connectivity index (χ2v) is 5.45. The molecule has 1 aromatic rings. The van der Waals surface area contributed by atoms with Gasteiger partial charge >= 0.3 is 5.97 Å². The summed E-state index contributed by atoms with van der Waals surface area (Å²) >= 11 is 6.40. The van der Waals surface area contributed by atoms with Crippen LogP contribution in [0.4, 0.5) is 0 Å². The zero-order valence-corrected chi connectivity index (χ0v) is 12.2. The van der Waals surface area contributed by atoms with Gasteiger partial charge in [0.05, 0.1) is 11.4 Å². The summed E-state index contributed by atoms with van der Waals surface area (Å²) in [6.45, 7) is 4.85. The minimum atomic E-state index is -0.946. The quantitative estimate of drug-likeness (QED) is 0.893. The van der Waals surface area contributed by atoms with Crippen molar-refractivity contribution in [3.8, 4) is 11.5 Å². The second kappa shape index (κ2) is 5.89. The van der Waals surface area contributed by atoms with Gasteiger partial charge in [-0.1, -0.05) is 25.4 Å². The van der Waals surface area contributed by atoms with Crippen molar-refractivity contribution in [1.29, 1.82) is 0 Å². The largest absolute Gasteiger partial charge is 0.486 e. The molecule has 1 unspecified atom stereocenters. The first-order chi connectivity index (χ1) is 9.41. The lowest BCUT2D eigenvalue weighted by atomic mass is 9.91. The minimum absolute atomic E-state index is 0.105. The highest BCUT2D eigenvalue weighted by molar-refractivity contribution is 6.33. The van der Waals surface area contributed by atoms with Crippen molar-refractivity contribution >= 4 is 17.6 Å². The summed E-state index contributed by atoms with van der Waals surface area (Å²) in [5.41, 5.74) is 7.53. The topological polar surface area (TPSA) is 81.8 Å². The summed E-state index contributed by atoms with van der Waals surface area (Å²) in [5.74, 6) is 0.209. The van der Waals surface area contributed by atoms with Gasteiger partial charge in [0.25, 0.3) is 0 Å². The van der Waals surface area contributed by atoms with Crippen LogP contribution in [0.1, 0.15) is 43.4 Å². The fourth-order valence-electron chi connectivity index (χ4n) is 2.37. The Morgan fingerprint density at radius 2 is 2.10 bits per heavy atom. The standard InChI is InChI=1S/C14H18ClNO4/c1-7(2)12-8(9(16)6-11(17)18)5-10-14(13(12)15)20-4-3-19-10/h5,7,9H,3-4,6,16H2,1-2H3,(H,17,18). The Kier molecular flexibility index (Phi) is 4.40. The molecular formula is C14H18ClNO4. The molecule has 6 heteroatoms. The monoisotopic (exact) mass is 299 g/mol. The number of carboxylic acid groups (broad SMARTS) is 1. The molecule has 1 atom stereocenters. The molecule has 0 aliphatic carbocycles. The van der Waals surface area contributed by atoms with Gasteiger partial charge in [0.2, 0.25) is 0 Å². The first-order valence-electron chi connectivity index (χ1n) is 6.51. The molecule has 1 aliphatic heterocycles. The van der Waals surface area contributed by atoms with Gasteiger partial charge in [-0.05, 0) is 23.1 Å². The third kappa shape index (κ3) is 2.83. The van der Waals surface area contributed by atoms with Crippen molar-refractivity contribution < 1.29 is 19.4 Å². The van der Waals surface area contributed by atoms with E-state index in [0.717, 1.165) is 5.56 Å². The summed E-state index contributed by atoms with van der Waals surface area (Å²) in [6.07, 6.45) is -0.157. The van der Waals surface area contributed by atoms with Gasteiger partial charge in [-0.25, -0.2) is 0 Å². The van der Waals surface area contributed by atoms with Crippen LogP contribution in [0.15, 0.2) is 6.07 Å². The maximum atomic E-state index is 10.9. The predicted octanol–water partition coefficient (Wildman–Crippen LogP) is 2.71. The Balaban J connectivity index is 2.54. The van der Waals surface area contributed by atoms with Crippen LogP contribution >= 0.6 is 11.6 Å². The number of aliphatic carboxylic acids is 1. The van der Waals surface area contributed by atoms with E-state index >= 15 is 0 Å². The van der Waals surface area contributed by atoms with Gasteiger partial charge in [0.1, 0.15) is 13.2 Å². The van der Waals surface area contributed by atoms with E-state index in [4.69, 9.17) is 31.9 Å². The number of halogens is 1. The summed E-state index contributed by atoms with van der Waals surface area (Å²) in [4.78, 5) is 10.9. The van der Waals surface area contributed by atoms with E-state index < -0.39 is 12.0 Å². The predicted molar refractivity (Wildman–Crippen MR) is 75.7 cm³/mol. The lowest BCUT2D eigenvalue weighted by Gasteiger charge is -2.26. The van der Waals surface area contributed by atoms with Gasteiger partial charge in [-0.3, -0.25) is 4.79 Å². The summed E-state index contributed by atoms with van der Waals surface area (Å²) in [5, 5.41) is 9.38. The molecule has 0 saturated heterocycles. The van der Waals surface area contributed by atoms with Crippen LogP contribution < -0.4 is 15.2 Å². The molecule has 0 aromatic heterocycles. The molecule has 1 aromatic carbocycles. The molecule has 0 spiro atoms. The highest BCUT2D eigenvalue weighted by atomic mass is 35.5. The van der Waals surface area contributed by atoms with E-state index in [9.17, 15) is 4.79 Å². The highest BCUT2D eigenvalue weighted by Gasteiger charge is 2.26. The molecule has 5 nitrogen and oxygen atoms in total. The van der Waals surface area contributed by atoms with Crippen LogP contribution in [-0.2, 0) is 4.79 Å². The Bertz CT molecular complexity index is 530. The second-order valence-electron chi connectivity index (χ2n) is 5.08. The third-order valence-corrected chi connectivity index (χ3v) is 3.59. The number of hydrogen-bond donors (Lipinski definition) is 2. The molecule has 0 amide bonds. The number of fused-ring (bicyclic) bond motifs is 1. The smallest absolute Gasteiger partial charge is 0.305 e. The zero-order valence-electron chi connectivity index (χ0n) is 11.5. The molecule has 0 fully saturated rings. The van der Waals surface area contributed by atoms with Gasteiger partial charge in [-0.2, -0.15) is 0 Å². The lowest BCUT2D eigenvalue weighted by molar-refractivity contribution is -0.137. The van der Waals surface area contributed by atoms with Gasteiger partial charge < -0.3 is 20.3 Å². The van der Waals surface area contributed by atoms with Crippen LogP contribution in [-0.4, -0.2) is 24.3 Å². The molecule has 0 saturated carbocycles. The third-order valence-electron chi connectivity index (χ3n) is 3.22. The molecule has 2 rings (SSSR count). The Morgan fingerprint density at radius 3 is 2.70 bits per heavy atom. The number of benzene rings is 1. The van der Waals surface area contributed by atoms with E-state index in [0.29, 0.717) is 35.3 Å². The number of carbonyl (C=O) groups is 1. The molecule has 20 heavy (non-hydrogen) atoms.